The molecule has 0 heterocycles. The van der Waals surface area contributed by atoms with Crippen LogP contribution in [0.25, 0.3) is 0 Å². The third kappa shape index (κ3) is 27.0. The largest absolute Gasteiger partial charge is 0.472 e. The van der Waals surface area contributed by atoms with Crippen LogP contribution < -0.4 is 0 Å². The van der Waals surface area contributed by atoms with E-state index in [9.17, 15) is 43.7 Å². The first-order chi connectivity index (χ1) is 26.4. The molecule has 0 saturated heterocycles. The van der Waals surface area contributed by atoms with Crippen LogP contribution in [-0.4, -0.2) is 98.6 Å². The van der Waals surface area contributed by atoms with Gasteiger partial charge in [-0.2, -0.15) is 0 Å². The lowest BCUT2D eigenvalue weighted by Crippen LogP contribution is -2.29. The van der Waals surface area contributed by atoms with Crippen LogP contribution in [0.15, 0.2) is 24.3 Å². The average molecular weight is 843 g/mol. The van der Waals surface area contributed by atoms with E-state index >= 15 is 0 Å². The summed E-state index contributed by atoms with van der Waals surface area (Å²) in [5, 5.41) is 30.4. The zero-order chi connectivity index (χ0) is 42.0. The van der Waals surface area contributed by atoms with Crippen molar-refractivity contribution < 1.29 is 76.6 Å². The first-order valence-electron chi connectivity index (χ1n) is 20.0. The van der Waals surface area contributed by atoms with E-state index in [1.165, 1.54) is 12.8 Å². The predicted octanol–water partition coefficient (Wildman–Crippen LogP) is 6.00. The van der Waals surface area contributed by atoms with Crippen LogP contribution in [0, 0.1) is 17.8 Å². The number of unbranched alkanes of at least 4 members (excludes halogenated alkanes) is 8. The van der Waals surface area contributed by atoms with Crippen molar-refractivity contribution in [2.45, 2.75) is 154 Å². The highest BCUT2D eigenvalue weighted by molar-refractivity contribution is 7.47. The van der Waals surface area contributed by atoms with Crippen molar-refractivity contribution in [3.63, 3.8) is 0 Å². The van der Waals surface area contributed by atoms with Crippen LogP contribution in [0.5, 0.6) is 0 Å². The summed E-state index contributed by atoms with van der Waals surface area (Å²) in [6.45, 7) is 3.51. The van der Waals surface area contributed by atoms with Gasteiger partial charge in [-0.3, -0.25) is 28.0 Å². The van der Waals surface area contributed by atoms with E-state index in [0.717, 1.165) is 44.9 Å². The molecule has 0 radical (unpaired) electrons. The molecular formula is C38H68O16P2. The second-order valence-corrected chi connectivity index (χ2v) is 17.5. The molecule has 56 heavy (non-hydrogen) atoms. The van der Waals surface area contributed by atoms with Gasteiger partial charge in [0.05, 0.1) is 32.0 Å². The van der Waals surface area contributed by atoms with Crippen LogP contribution in [0.2, 0.25) is 0 Å². The molecule has 1 aliphatic rings. The molecular weight excluding hydrogens is 774 g/mol. The minimum Gasteiger partial charge on any atom is -0.462 e. The number of carbonyl (C=O) groups is 3. The van der Waals surface area contributed by atoms with Gasteiger partial charge >= 0.3 is 27.6 Å². The molecule has 1 aliphatic carbocycles. The lowest BCUT2D eigenvalue weighted by Gasteiger charge is -2.20. The van der Waals surface area contributed by atoms with Gasteiger partial charge < -0.3 is 39.5 Å². The number of aliphatic hydroxyl groups is 3. The number of hydrogen-bond acceptors (Lipinski definition) is 13. The zero-order valence-electron chi connectivity index (χ0n) is 33.4. The molecule has 16 nitrogen and oxygen atoms in total. The lowest BCUT2D eigenvalue weighted by atomic mass is 9.90. The topological polar surface area (TPSA) is 253 Å². The second-order valence-electron chi connectivity index (χ2n) is 14.8. The van der Waals surface area contributed by atoms with Crippen molar-refractivity contribution in [3.8, 4) is 0 Å². The average Bonchev–Trinajstić information content (AvgIpc) is 3.39. The summed E-state index contributed by atoms with van der Waals surface area (Å²) in [6.07, 6.45) is 14.6. The van der Waals surface area contributed by atoms with E-state index in [0.29, 0.717) is 38.0 Å². The van der Waals surface area contributed by atoms with Crippen molar-refractivity contribution in [2.24, 2.45) is 17.8 Å². The summed E-state index contributed by atoms with van der Waals surface area (Å²) in [7, 11) is -9.77. The maximum Gasteiger partial charge on any atom is 0.472 e. The molecule has 0 aromatic rings. The highest BCUT2D eigenvalue weighted by Crippen LogP contribution is 2.44. The van der Waals surface area contributed by atoms with Gasteiger partial charge in [-0.15, -0.1) is 0 Å². The molecule has 18 heteroatoms. The first kappa shape index (κ1) is 52.2. The quantitative estimate of drug-likeness (QED) is 0.0192. The van der Waals surface area contributed by atoms with Crippen molar-refractivity contribution in [3.05, 3.63) is 24.3 Å². The SMILES string of the molecule is CCCCC[C@H](O)/C=C/[C@H]1[C@H](O)CC(=O)[C@@H]1C/C=C\CCCC(=O)O[C@H](COC(=O)CCCCCCCCC(C)C)COP(=O)(O)OC[C@@H](O)COP(=O)(O)O. The van der Waals surface area contributed by atoms with Gasteiger partial charge in [0.2, 0.25) is 0 Å². The Bertz CT molecular complexity index is 1270. The fourth-order valence-corrected chi connectivity index (χ4v) is 7.14. The number of esters is 2. The second kappa shape index (κ2) is 29.4. The summed E-state index contributed by atoms with van der Waals surface area (Å²) in [5.74, 6) is -1.43. The minimum atomic E-state index is -4.89. The number of allylic oxidation sites excluding steroid dienone is 2. The van der Waals surface area contributed by atoms with E-state index in [1.54, 1.807) is 12.2 Å². The number of carbonyl (C=O) groups excluding carboxylic acids is 3. The van der Waals surface area contributed by atoms with E-state index in [4.69, 9.17) is 23.8 Å². The van der Waals surface area contributed by atoms with Crippen molar-refractivity contribution in [1.82, 2.24) is 0 Å². The van der Waals surface area contributed by atoms with Crippen molar-refractivity contribution in [2.75, 3.05) is 26.4 Å². The zero-order valence-corrected chi connectivity index (χ0v) is 35.1. The number of Topliss-reactive ketones (excluding diaryl/α,β-unsaturated/α-hetero) is 1. The molecule has 6 N–H and O–H groups in total. The van der Waals surface area contributed by atoms with Gasteiger partial charge in [-0.25, -0.2) is 9.13 Å². The highest BCUT2D eigenvalue weighted by Gasteiger charge is 2.39. The Labute approximate surface area is 332 Å². The number of hydrogen-bond donors (Lipinski definition) is 6. The maximum atomic E-state index is 12.7. The Morgan fingerprint density at radius 3 is 2.11 bits per heavy atom. The van der Waals surface area contributed by atoms with Crippen LogP contribution in [-0.2, 0) is 46.6 Å². The Hall–Kier alpha value is -1.81. The molecule has 1 saturated carbocycles. The Morgan fingerprint density at radius 2 is 1.43 bits per heavy atom. The fourth-order valence-electron chi connectivity index (χ4n) is 5.98. The Balaban J connectivity index is 2.64. The van der Waals surface area contributed by atoms with Gasteiger partial charge in [0.25, 0.3) is 0 Å². The lowest BCUT2D eigenvalue weighted by molar-refractivity contribution is -0.161. The normalized spacial score (nSPS) is 20.5. The highest BCUT2D eigenvalue weighted by atomic mass is 31.2. The summed E-state index contributed by atoms with van der Waals surface area (Å²) in [4.78, 5) is 65.2. The van der Waals surface area contributed by atoms with Gasteiger partial charge in [0, 0.05) is 31.1 Å². The monoisotopic (exact) mass is 842 g/mol. The third-order valence-corrected chi connectivity index (χ3v) is 10.6. The van der Waals surface area contributed by atoms with Gasteiger partial charge in [0.1, 0.15) is 18.5 Å². The van der Waals surface area contributed by atoms with Gasteiger partial charge in [-0.05, 0) is 38.0 Å². The molecule has 1 unspecified atom stereocenters. The number of ketones is 1. The number of aliphatic hydroxyl groups excluding tert-OH is 3. The molecule has 0 aromatic carbocycles. The number of ether oxygens (including phenoxy) is 2. The standard InChI is InChI=1S/C38H68O16P2/c1-4-5-12-18-30(39)22-23-34-33(35(41)24-36(34)42)19-14-10-11-16-21-38(44)54-32(27-50-37(43)20-15-9-7-6-8-13-17-29(2)3)28-53-56(48,49)52-26-31(40)25-51-55(45,46)47/h10,14,22-23,29-34,36,39-40,42H,4-9,11-13,15-21,24-28H2,1-3H3,(H,48,49)(H2,45,46,47)/b14-10-,23-22+/t30-,31-,32+,33+,34+,36+/m0/s1. The first-order valence-corrected chi connectivity index (χ1v) is 23.0. The van der Waals surface area contributed by atoms with Crippen molar-refractivity contribution >= 4 is 33.4 Å². The molecule has 0 bridgehead atoms. The predicted molar refractivity (Wildman–Crippen MR) is 208 cm³/mol. The van der Waals surface area contributed by atoms with Crippen LogP contribution in [0.3, 0.4) is 0 Å². The van der Waals surface area contributed by atoms with E-state index in [2.05, 4.69) is 29.8 Å². The Morgan fingerprint density at radius 1 is 0.804 bits per heavy atom. The molecule has 0 spiro atoms. The van der Waals surface area contributed by atoms with E-state index < -0.39 is 90.3 Å². The fraction of sp³-hybridized carbons (Fsp3) is 0.816. The molecule has 0 amide bonds. The maximum absolute atomic E-state index is 12.7. The number of rotatable bonds is 33. The molecule has 0 aromatic heterocycles. The molecule has 1 fully saturated rings. The summed E-state index contributed by atoms with van der Waals surface area (Å²) in [5.41, 5.74) is 0. The Kier molecular flexibility index (Phi) is 27.4. The van der Waals surface area contributed by atoms with Crippen LogP contribution >= 0.6 is 15.6 Å². The molecule has 326 valence electrons. The summed E-state index contributed by atoms with van der Waals surface area (Å²) < 4.78 is 47.5. The molecule has 7 atom stereocenters. The minimum absolute atomic E-state index is 0.0507. The van der Waals surface area contributed by atoms with Gasteiger partial charge in [-0.1, -0.05) is 103 Å². The van der Waals surface area contributed by atoms with E-state index in [-0.39, 0.29) is 25.0 Å². The summed E-state index contributed by atoms with van der Waals surface area (Å²) >= 11 is 0. The molecule has 1 rings (SSSR count). The summed E-state index contributed by atoms with van der Waals surface area (Å²) in [6, 6.07) is 0. The van der Waals surface area contributed by atoms with Gasteiger partial charge in [0.15, 0.2) is 6.10 Å². The third-order valence-electron chi connectivity index (χ3n) is 9.13. The smallest absolute Gasteiger partial charge is 0.462 e. The number of phosphoric ester groups is 2. The van der Waals surface area contributed by atoms with Crippen LogP contribution in [0.1, 0.15) is 130 Å². The van der Waals surface area contributed by atoms with Crippen LogP contribution in [0.4, 0.5) is 0 Å². The molecule has 0 aliphatic heterocycles. The van der Waals surface area contributed by atoms with E-state index in [1.807, 2.05) is 12.2 Å². The van der Waals surface area contributed by atoms with Crippen molar-refractivity contribution in [1.29, 1.82) is 0 Å². The number of phosphoric acid groups is 2.